The summed E-state index contributed by atoms with van der Waals surface area (Å²) in [4.78, 5) is 18.7. The number of hydrogen-bond donors (Lipinski definition) is 1. The first-order valence-electron chi connectivity index (χ1n) is 10.0. The first-order valence-corrected chi connectivity index (χ1v) is 11.5. The van der Waals surface area contributed by atoms with Gasteiger partial charge >= 0.3 is 0 Å². The molecule has 1 N–H and O–H groups in total. The van der Waals surface area contributed by atoms with Crippen LogP contribution >= 0.6 is 0 Å². The van der Waals surface area contributed by atoms with Crippen LogP contribution in [0.5, 0.6) is 0 Å². The molecular weight excluding hydrogens is 380 g/mol. The smallest absolute Gasteiger partial charge is 0.279 e. The van der Waals surface area contributed by atoms with E-state index in [0.717, 1.165) is 13.1 Å². The lowest BCUT2D eigenvalue weighted by atomic mass is 10.0. The number of nitrogens with one attached hydrogen (secondary N) is 1. The number of nitrogens with zero attached hydrogens (tertiary/aromatic N) is 5. The molecule has 0 unspecified atom stereocenters. The predicted octanol–water partition coefficient (Wildman–Crippen LogP) is -0.461. The third-order valence-electron chi connectivity index (χ3n) is 5.24. The predicted molar refractivity (Wildman–Crippen MR) is 108 cm³/mol. The summed E-state index contributed by atoms with van der Waals surface area (Å²) < 4.78 is 28.5. The summed E-state index contributed by atoms with van der Waals surface area (Å²) in [6, 6.07) is 2.12. The second-order valence-electron chi connectivity index (χ2n) is 8.19. The van der Waals surface area contributed by atoms with Gasteiger partial charge in [0.2, 0.25) is 5.91 Å². The Balaban J connectivity index is 1.77. The minimum absolute atomic E-state index is 0.0781. The fourth-order valence-electron chi connectivity index (χ4n) is 3.69. The van der Waals surface area contributed by atoms with Crippen LogP contribution in [-0.2, 0) is 15.0 Å². The van der Waals surface area contributed by atoms with E-state index in [-0.39, 0.29) is 23.9 Å². The zero-order valence-electron chi connectivity index (χ0n) is 17.5. The first kappa shape index (κ1) is 23.0. The van der Waals surface area contributed by atoms with Crippen molar-refractivity contribution in [3.05, 3.63) is 0 Å². The summed E-state index contributed by atoms with van der Waals surface area (Å²) >= 11 is 0. The minimum atomic E-state index is -3.45. The van der Waals surface area contributed by atoms with E-state index in [2.05, 4.69) is 15.7 Å². The second kappa shape index (κ2) is 9.98. The molecule has 9 nitrogen and oxygen atoms in total. The maximum atomic E-state index is 12.6. The summed E-state index contributed by atoms with van der Waals surface area (Å²) in [7, 11) is -3.45. The lowest BCUT2D eigenvalue weighted by molar-refractivity contribution is -0.134. The van der Waals surface area contributed by atoms with Gasteiger partial charge in [0.05, 0.1) is 12.6 Å². The molecular formula is C18H34N6O3S. The molecule has 0 saturated carbocycles. The standard InChI is InChI=1S/C18H34N6O3S/c1-15(2)17(13-19)22-7-9-23(10-8-22)18(25)14-21-5-11-24(12-6-21)28(26,27)20-16(3)4/h15-17,20H,5-12,14H2,1-4H3/t17-/m0/s1. The van der Waals surface area contributed by atoms with Crippen LogP contribution in [0.15, 0.2) is 0 Å². The van der Waals surface area contributed by atoms with E-state index < -0.39 is 10.2 Å². The molecule has 1 amide bonds. The molecule has 10 heteroatoms. The van der Waals surface area contributed by atoms with Gasteiger partial charge in [-0.3, -0.25) is 14.6 Å². The average molecular weight is 415 g/mol. The van der Waals surface area contributed by atoms with Gasteiger partial charge in [-0.15, -0.1) is 0 Å². The molecule has 2 fully saturated rings. The highest BCUT2D eigenvalue weighted by Gasteiger charge is 2.31. The summed E-state index contributed by atoms with van der Waals surface area (Å²) in [5.74, 6) is 0.347. The molecule has 0 aromatic heterocycles. The van der Waals surface area contributed by atoms with Crippen molar-refractivity contribution in [1.29, 1.82) is 5.26 Å². The van der Waals surface area contributed by atoms with Gasteiger partial charge in [0.1, 0.15) is 6.04 Å². The van der Waals surface area contributed by atoms with Crippen molar-refractivity contribution in [2.75, 3.05) is 58.9 Å². The van der Waals surface area contributed by atoms with E-state index in [1.54, 1.807) is 13.8 Å². The number of piperazine rings is 2. The highest BCUT2D eigenvalue weighted by atomic mass is 32.2. The van der Waals surface area contributed by atoms with Crippen molar-refractivity contribution < 1.29 is 13.2 Å². The van der Waals surface area contributed by atoms with Crippen LogP contribution < -0.4 is 4.72 Å². The van der Waals surface area contributed by atoms with Crippen molar-refractivity contribution in [2.24, 2.45) is 5.92 Å². The second-order valence-corrected chi connectivity index (χ2v) is 9.89. The van der Waals surface area contributed by atoms with Crippen LogP contribution in [-0.4, -0.2) is 104 Å². The summed E-state index contributed by atoms with van der Waals surface area (Å²) in [5, 5.41) is 9.34. The molecule has 1 atom stereocenters. The van der Waals surface area contributed by atoms with Gasteiger partial charge in [-0.05, 0) is 19.8 Å². The van der Waals surface area contributed by atoms with Crippen LogP contribution in [0.1, 0.15) is 27.7 Å². The fourth-order valence-corrected chi connectivity index (χ4v) is 5.08. The Bertz CT molecular complexity index is 659. The topological polar surface area (TPSA) is 100.0 Å². The maximum Gasteiger partial charge on any atom is 0.279 e. The summed E-state index contributed by atoms with van der Waals surface area (Å²) in [5.41, 5.74) is 0. The molecule has 2 aliphatic rings. The van der Waals surface area contributed by atoms with E-state index in [1.807, 2.05) is 23.6 Å². The van der Waals surface area contributed by atoms with Gasteiger partial charge in [-0.25, -0.2) is 0 Å². The molecule has 2 aliphatic heterocycles. The lowest BCUT2D eigenvalue weighted by Crippen LogP contribution is -2.57. The molecule has 28 heavy (non-hydrogen) atoms. The van der Waals surface area contributed by atoms with Gasteiger partial charge in [-0.1, -0.05) is 13.8 Å². The molecule has 2 saturated heterocycles. The van der Waals surface area contributed by atoms with Crippen molar-refractivity contribution >= 4 is 16.1 Å². The van der Waals surface area contributed by atoms with E-state index >= 15 is 0 Å². The Hall–Kier alpha value is -1.25. The van der Waals surface area contributed by atoms with Gasteiger partial charge in [0, 0.05) is 58.4 Å². The molecule has 0 aromatic carbocycles. The van der Waals surface area contributed by atoms with E-state index in [1.165, 1.54) is 4.31 Å². The van der Waals surface area contributed by atoms with Crippen LogP contribution in [0.25, 0.3) is 0 Å². The Morgan fingerprint density at radius 2 is 1.57 bits per heavy atom. The third kappa shape index (κ3) is 6.12. The largest absolute Gasteiger partial charge is 0.339 e. The monoisotopic (exact) mass is 414 g/mol. The maximum absolute atomic E-state index is 12.6. The molecule has 2 rings (SSSR count). The van der Waals surface area contributed by atoms with Crippen LogP contribution in [0.2, 0.25) is 0 Å². The Kier molecular flexibility index (Phi) is 8.21. The molecule has 0 spiro atoms. The number of carbonyl (C=O) groups is 1. The van der Waals surface area contributed by atoms with Crippen LogP contribution in [0.3, 0.4) is 0 Å². The van der Waals surface area contributed by atoms with Crippen LogP contribution in [0, 0.1) is 17.2 Å². The molecule has 0 aliphatic carbocycles. The normalized spacial score (nSPS) is 21.8. The number of hydrogen-bond acceptors (Lipinski definition) is 6. The number of nitriles is 1. The minimum Gasteiger partial charge on any atom is -0.339 e. The number of carbonyl (C=O) groups excluding carboxylic acids is 1. The molecule has 0 radical (unpaired) electrons. The highest BCUT2D eigenvalue weighted by molar-refractivity contribution is 7.87. The molecule has 160 valence electrons. The van der Waals surface area contributed by atoms with E-state index in [4.69, 9.17) is 0 Å². The van der Waals surface area contributed by atoms with Crippen LogP contribution in [0.4, 0.5) is 0 Å². The average Bonchev–Trinajstić information content (AvgIpc) is 2.62. The SMILES string of the molecule is CC(C)NS(=O)(=O)N1CCN(CC(=O)N2CCN([C@@H](C#N)C(C)C)CC2)CC1. The Morgan fingerprint density at radius 1 is 1.00 bits per heavy atom. The Morgan fingerprint density at radius 3 is 2.04 bits per heavy atom. The quantitative estimate of drug-likeness (QED) is 0.605. The van der Waals surface area contributed by atoms with Gasteiger partial charge in [-0.2, -0.15) is 22.7 Å². The lowest BCUT2D eigenvalue weighted by Gasteiger charge is -2.39. The zero-order chi connectivity index (χ0) is 20.9. The highest BCUT2D eigenvalue weighted by Crippen LogP contribution is 2.14. The number of amides is 1. The summed E-state index contributed by atoms with van der Waals surface area (Å²) in [6.07, 6.45) is 0. The van der Waals surface area contributed by atoms with Crippen molar-refractivity contribution in [3.8, 4) is 6.07 Å². The third-order valence-corrected chi connectivity index (χ3v) is 7.05. The fraction of sp³-hybridized carbons (Fsp3) is 0.889. The van der Waals surface area contributed by atoms with E-state index in [9.17, 15) is 18.5 Å². The van der Waals surface area contributed by atoms with Gasteiger partial charge < -0.3 is 4.90 Å². The summed E-state index contributed by atoms with van der Waals surface area (Å²) in [6.45, 7) is 12.6. The van der Waals surface area contributed by atoms with Crippen molar-refractivity contribution in [2.45, 2.75) is 39.8 Å². The van der Waals surface area contributed by atoms with Crippen molar-refractivity contribution in [1.82, 2.24) is 23.7 Å². The van der Waals surface area contributed by atoms with E-state index in [0.29, 0.717) is 45.8 Å². The van der Waals surface area contributed by atoms with Crippen molar-refractivity contribution in [3.63, 3.8) is 0 Å². The molecule has 0 bridgehead atoms. The molecule has 0 aromatic rings. The first-order chi connectivity index (χ1) is 13.1. The molecule has 2 heterocycles. The van der Waals surface area contributed by atoms with Gasteiger partial charge in [0.15, 0.2) is 0 Å². The zero-order valence-corrected chi connectivity index (χ0v) is 18.3. The number of rotatable bonds is 7. The Labute approximate surface area is 169 Å². The van der Waals surface area contributed by atoms with Gasteiger partial charge in [0.25, 0.3) is 10.2 Å².